The summed E-state index contributed by atoms with van der Waals surface area (Å²) in [5, 5.41) is 10.1. The second-order valence-electron chi connectivity index (χ2n) is 7.82. The lowest BCUT2D eigenvalue weighted by Crippen LogP contribution is -2.05. The van der Waals surface area contributed by atoms with Gasteiger partial charge in [-0.05, 0) is 78.8 Å². The average molecular weight is 470 g/mol. The number of rotatable bonds is 7. The minimum absolute atomic E-state index is 0.141. The number of halogens is 3. The van der Waals surface area contributed by atoms with Gasteiger partial charge < -0.3 is 9.84 Å². The molecule has 0 spiro atoms. The lowest BCUT2D eigenvalue weighted by molar-refractivity contribution is 0.0695. The molecule has 1 aliphatic carbocycles. The van der Waals surface area contributed by atoms with Crippen molar-refractivity contribution in [2.45, 2.75) is 39.2 Å². The number of aromatic nitrogens is 1. The molecule has 0 unspecified atom stereocenters. The highest BCUT2D eigenvalue weighted by Gasteiger charge is 2.22. The molecule has 7 heteroatoms. The number of benzene rings is 2. The second-order valence-corrected chi connectivity index (χ2v) is 8.23. The van der Waals surface area contributed by atoms with Crippen LogP contribution >= 0.6 is 11.6 Å². The summed E-state index contributed by atoms with van der Waals surface area (Å²) in [6.07, 6.45) is 4.66. The van der Waals surface area contributed by atoms with Crippen molar-refractivity contribution < 1.29 is 23.4 Å². The number of aryl methyl sites for hydroxylation is 1. The highest BCUT2D eigenvalue weighted by Crippen LogP contribution is 2.43. The fourth-order valence-electron chi connectivity index (χ4n) is 4.14. The summed E-state index contributed by atoms with van der Waals surface area (Å²) in [5.41, 5.74) is 4.10. The Morgan fingerprint density at radius 3 is 2.55 bits per heavy atom. The van der Waals surface area contributed by atoms with Crippen molar-refractivity contribution in [1.82, 2.24) is 4.98 Å². The van der Waals surface area contributed by atoms with Gasteiger partial charge >= 0.3 is 5.97 Å². The Morgan fingerprint density at radius 2 is 1.85 bits per heavy atom. The zero-order valence-electron chi connectivity index (χ0n) is 18.0. The van der Waals surface area contributed by atoms with Crippen molar-refractivity contribution >= 4 is 28.7 Å². The Hall–Kier alpha value is -3.25. The molecule has 0 bridgehead atoms. The predicted octanol–water partition coefficient (Wildman–Crippen LogP) is 6.95. The van der Waals surface area contributed by atoms with Gasteiger partial charge in [0.15, 0.2) is 0 Å². The Bertz CT molecular complexity index is 1240. The molecular formula is C26H22ClF2NO3. The molecule has 1 heterocycles. The molecule has 1 N–H and O–H groups in total. The number of carboxylic acid groups (broad SMARTS) is 1. The highest BCUT2D eigenvalue weighted by atomic mass is 35.5. The molecule has 0 saturated heterocycles. The van der Waals surface area contributed by atoms with E-state index in [1.165, 1.54) is 18.2 Å². The molecule has 0 amide bonds. The smallest absolute Gasteiger partial charge is 0.337 e. The number of hydrogen-bond donors (Lipinski definition) is 1. The van der Waals surface area contributed by atoms with Gasteiger partial charge in [-0.3, -0.25) is 4.98 Å². The van der Waals surface area contributed by atoms with Crippen LogP contribution in [0.4, 0.5) is 8.78 Å². The molecule has 0 atom stereocenters. The lowest BCUT2D eigenvalue weighted by atomic mass is 9.96. The zero-order chi connectivity index (χ0) is 23.5. The Kier molecular flexibility index (Phi) is 6.75. The molecule has 2 aromatic carbocycles. The van der Waals surface area contributed by atoms with Crippen LogP contribution in [0.5, 0.6) is 5.75 Å². The minimum Gasteiger partial charge on any atom is -0.489 e. The fourth-order valence-corrected chi connectivity index (χ4v) is 4.37. The standard InChI is InChI=1S/C26H22ClF2NO3/c1-2-25-20(26(31)32)11-15(13-30-25)17-5-3-6-18(17)19-12-16(9-10-22(19)27)33-14-21-23(28)7-4-8-24(21)29/h4,7-13H,2-3,5-6,14H2,1H3,(H,31,32). The van der Waals surface area contributed by atoms with Gasteiger partial charge in [0.05, 0.1) is 16.8 Å². The van der Waals surface area contributed by atoms with Gasteiger partial charge in [0, 0.05) is 16.8 Å². The van der Waals surface area contributed by atoms with Crippen LogP contribution in [-0.4, -0.2) is 16.1 Å². The topological polar surface area (TPSA) is 59.4 Å². The summed E-state index contributed by atoms with van der Waals surface area (Å²) >= 11 is 6.51. The number of allylic oxidation sites excluding steroid dienone is 2. The van der Waals surface area contributed by atoms with Gasteiger partial charge in [0.25, 0.3) is 0 Å². The van der Waals surface area contributed by atoms with Crippen molar-refractivity contribution in [1.29, 1.82) is 0 Å². The molecule has 4 rings (SSSR count). The molecule has 0 aliphatic heterocycles. The van der Waals surface area contributed by atoms with E-state index in [1.54, 1.807) is 30.5 Å². The average Bonchev–Trinajstić information content (AvgIpc) is 3.29. The van der Waals surface area contributed by atoms with E-state index in [1.807, 2.05) is 6.92 Å². The van der Waals surface area contributed by atoms with E-state index >= 15 is 0 Å². The summed E-state index contributed by atoms with van der Waals surface area (Å²) < 4.78 is 33.5. The maximum absolute atomic E-state index is 13.9. The first-order valence-electron chi connectivity index (χ1n) is 10.7. The van der Waals surface area contributed by atoms with Gasteiger partial charge in [-0.2, -0.15) is 0 Å². The number of pyridine rings is 1. The summed E-state index contributed by atoms with van der Waals surface area (Å²) in [4.78, 5) is 16.1. The fraction of sp³-hybridized carbons (Fsp3) is 0.231. The number of nitrogens with zero attached hydrogens (tertiary/aromatic N) is 1. The number of carboxylic acids is 1. The van der Waals surface area contributed by atoms with Crippen LogP contribution in [0.3, 0.4) is 0 Å². The lowest BCUT2D eigenvalue weighted by Gasteiger charge is -2.14. The van der Waals surface area contributed by atoms with Crippen molar-refractivity contribution in [2.24, 2.45) is 0 Å². The van der Waals surface area contributed by atoms with Crippen LogP contribution in [-0.2, 0) is 13.0 Å². The maximum atomic E-state index is 13.9. The Morgan fingerprint density at radius 1 is 1.12 bits per heavy atom. The van der Waals surface area contributed by atoms with Gasteiger partial charge in [0.2, 0.25) is 0 Å². The van der Waals surface area contributed by atoms with E-state index in [9.17, 15) is 18.7 Å². The number of hydrogen-bond acceptors (Lipinski definition) is 3. The first-order valence-corrected chi connectivity index (χ1v) is 11.1. The molecule has 33 heavy (non-hydrogen) atoms. The third-order valence-corrected chi connectivity index (χ3v) is 6.14. The minimum atomic E-state index is -1.00. The first-order chi connectivity index (χ1) is 15.9. The molecule has 1 aliphatic rings. The van der Waals surface area contributed by atoms with E-state index in [0.717, 1.165) is 41.5 Å². The molecule has 1 aromatic heterocycles. The van der Waals surface area contributed by atoms with Crippen LogP contribution in [0.2, 0.25) is 5.02 Å². The van der Waals surface area contributed by atoms with Crippen molar-refractivity contribution in [3.05, 3.63) is 93.3 Å². The van der Waals surface area contributed by atoms with Crippen LogP contribution in [0, 0.1) is 11.6 Å². The Balaban J connectivity index is 1.68. The third kappa shape index (κ3) is 4.76. The highest BCUT2D eigenvalue weighted by molar-refractivity contribution is 6.32. The van der Waals surface area contributed by atoms with Crippen molar-refractivity contribution in [3.8, 4) is 5.75 Å². The third-order valence-electron chi connectivity index (χ3n) is 5.81. The zero-order valence-corrected chi connectivity index (χ0v) is 18.8. The molecule has 0 radical (unpaired) electrons. The predicted molar refractivity (Wildman–Crippen MR) is 123 cm³/mol. The maximum Gasteiger partial charge on any atom is 0.337 e. The SMILES string of the molecule is CCc1ncc(C2=C(c3cc(OCc4c(F)cccc4F)ccc3Cl)CCC2)cc1C(=O)O. The Labute approximate surface area is 195 Å². The van der Waals surface area contributed by atoms with E-state index < -0.39 is 17.6 Å². The number of aromatic carboxylic acids is 1. The second kappa shape index (κ2) is 9.71. The van der Waals surface area contributed by atoms with E-state index in [-0.39, 0.29) is 17.7 Å². The van der Waals surface area contributed by atoms with Crippen LogP contribution in [0.1, 0.15) is 58.9 Å². The molecular weight excluding hydrogens is 448 g/mol. The summed E-state index contributed by atoms with van der Waals surface area (Å²) in [5.74, 6) is -1.90. The van der Waals surface area contributed by atoms with Crippen LogP contribution < -0.4 is 4.74 Å². The van der Waals surface area contributed by atoms with E-state index in [0.29, 0.717) is 22.9 Å². The van der Waals surface area contributed by atoms with Crippen molar-refractivity contribution in [2.75, 3.05) is 0 Å². The summed E-state index contributed by atoms with van der Waals surface area (Å²) in [6.45, 7) is 1.61. The molecule has 170 valence electrons. The normalized spacial score (nSPS) is 13.5. The van der Waals surface area contributed by atoms with E-state index in [4.69, 9.17) is 16.3 Å². The van der Waals surface area contributed by atoms with Crippen molar-refractivity contribution in [3.63, 3.8) is 0 Å². The summed E-state index contributed by atoms with van der Waals surface area (Å²) in [6, 6.07) is 10.5. The van der Waals surface area contributed by atoms with Gasteiger partial charge in [0.1, 0.15) is 24.0 Å². The van der Waals surface area contributed by atoms with Crippen LogP contribution in [0.15, 0.2) is 48.7 Å². The molecule has 4 nitrogen and oxygen atoms in total. The molecule has 0 saturated carbocycles. The van der Waals surface area contributed by atoms with Gasteiger partial charge in [-0.15, -0.1) is 0 Å². The molecule has 0 fully saturated rings. The number of carbonyl (C=O) groups is 1. The number of ether oxygens (including phenoxy) is 1. The largest absolute Gasteiger partial charge is 0.489 e. The monoisotopic (exact) mass is 469 g/mol. The molecule has 3 aromatic rings. The first kappa shape index (κ1) is 22.9. The summed E-state index contributed by atoms with van der Waals surface area (Å²) in [7, 11) is 0. The van der Waals surface area contributed by atoms with Gasteiger partial charge in [-0.25, -0.2) is 13.6 Å². The van der Waals surface area contributed by atoms with E-state index in [2.05, 4.69) is 4.98 Å². The van der Waals surface area contributed by atoms with Crippen LogP contribution in [0.25, 0.3) is 11.1 Å². The van der Waals surface area contributed by atoms with Gasteiger partial charge in [-0.1, -0.05) is 24.6 Å². The quantitative estimate of drug-likeness (QED) is 0.407.